The summed E-state index contributed by atoms with van der Waals surface area (Å²) < 4.78 is 75.7. The number of thiazole rings is 1. The Morgan fingerprint density at radius 2 is 1.92 bits per heavy atom. The number of nitrogens with zero attached hydrogens (tertiary/aromatic N) is 3. The zero-order valence-electron chi connectivity index (χ0n) is 19.2. The van der Waals surface area contributed by atoms with Crippen LogP contribution < -0.4 is 14.8 Å². The topological polar surface area (TPSA) is 130 Å². The summed E-state index contributed by atoms with van der Waals surface area (Å²) in [4.78, 5) is 10.6. The van der Waals surface area contributed by atoms with E-state index >= 15 is 0 Å². The molecule has 3 aromatic heterocycles. The first-order valence-electron chi connectivity index (χ1n) is 10.4. The molecule has 0 spiro atoms. The van der Waals surface area contributed by atoms with Crippen LogP contribution in [0.1, 0.15) is 5.69 Å². The van der Waals surface area contributed by atoms with Gasteiger partial charge in [-0.2, -0.15) is 13.8 Å². The van der Waals surface area contributed by atoms with Gasteiger partial charge in [-0.05, 0) is 36.4 Å². The smallest absolute Gasteiger partial charge is 0.266 e. The molecule has 38 heavy (non-hydrogen) atoms. The van der Waals surface area contributed by atoms with Crippen LogP contribution in [0.25, 0.3) is 17.0 Å². The summed E-state index contributed by atoms with van der Waals surface area (Å²) in [6, 6.07) is 6.54. The van der Waals surface area contributed by atoms with Gasteiger partial charge in [-0.25, -0.2) is 22.8 Å². The lowest BCUT2D eigenvalue weighted by atomic mass is 10.1. The van der Waals surface area contributed by atoms with Crippen molar-refractivity contribution in [2.24, 2.45) is 0 Å². The summed E-state index contributed by atoms with van der Waals surface area (Å²) >= 11 is 7.40. The molecule has 1 aromatic carbocycles. The Hall–Kier alpha value is -4.01. The van der Waals surface area contributed by atoms with Crippen molar-refractivity contribution < 1.29 is 26.3 Å². The number of allylic oxidation sites excluding steroid dienone is 1. The van der Waals surface area contributed by atoms with Crippen LogP contribution in [-0.4, -0.2) is 36.6 Å². The number of benzene rings is 1. The summed E-state index contributed by atoms with van der Waals surface area (Å²) in [5.41, 5.74) is 1.69. The first-order chi connectivity index (χ1) is 18.1. The number of rotatable bonds is 9. The van der Waals surface area contributed by atoms with Gasteiger partial charge in [0.25, 0.3) is 10.0 Å². The van der Waals surface area contributed by atoms with E-state index in [0.717, 1.165) is 41.8 Å². The molecule has 0 aliphatic heterocycles. The molecule has 9 nitrogen and oxygen atoms in total. The van der Waals surface area contributed by atoms with Crippen LogP contribution in [-0.2, 0) is 10.0 Å². The normalized spacial score (nSPS) is 11.8. The van der Waals surface area contributed by atoms with Crippen LogP contribution in [0, 0.1) is 23.1 Å². The fraction of sp³-hybridized carbons (Fsp3) is 0.0435. The van der Waals surface area contributed by atoms with Gasteiger partial charge in [-0.15, -0.1) is 11.3 Å². The lowest BCUT2D eigenvalue weighted by molar-refractivity contribution is 0.469. The SMILES string of the molecule is CN/C(=C\C=N)c1nc(-c2ccc(F)nc2F)ccc1Oc1cc(F)c(S(=O)(=O)Nc2cscn2)cc1Cl. The highest BCUT2D eigenvalue weighted by Gasteiger charge is 2.24. The third kappa shape index (κ3) is 5.77. The van der Waals surface area contributed by atoms with Gasteiger partial charge in [-0.3, -0.25) is 4.72 Å². The molecule has 0 radical (unpaired) electrons. The minimum Gasteiger partial charge on any atom is -0.453 e. The van der Waals surface area contributed by atoms with E-state index in [1.165, 1.54) is 36.1 Å². The quantitative estimate of drug-likeness (QED) is 0.177. The number of sulfonamides is 1. The van der Waals surface area contributed by atoms with Crippen molar-refractivity contribution >= 4 is 50.7 Å². The van der Waals surface area contributed by atoms with E-state index in [-0.39, 0.29) is 45.0 Å². The molecule has 4 aromatic rings. The van der Waals surface area contributed by atoms with E-state index < -0.39 is 32.6 Å². The molecular formula is C23H16ClF3N6O3S2. The van der Waals surface area contributed by atoms with Gasteiger partial charge in [0.1, 0.15) is 22.2 Å². The van der Waals surface area contributed by atoms with Crippen molar-refractivity contribution in [2.45, 2.75) is 4.90 Å². The third-order valence-corrected chi connectivity index (χ3v) is 7.14. The van der Waals surface area contributed by atoms with Crippen molar-refractivity contribution in [1.29, 1.82) is 5.41 Å². The number of nitrogens with one attached hydrogen (secondary N) is 3. The highest BCUT2D eigenvalue weighted by Crippen LogP contribution is 2.37. The number of aromatic nitrogens is 3. The minimum atomic E-state index is -4.35. The second-order valence-electron chi connectivity index (χ2n) is 7.31. The first kappa shape index (κ1) is 27.0. The van der Waals surface area contributed by atoms with Crippen molar-refractivity contribution in [1.82, 2.24) is 20.3 Å². The largest absolute Gasteiger partial charge is 0.453 e. The van der Waals surface area contributed by atoms with Gasteiger partial charge < -0.3 is 15.5 Å². The minimum absolute atomic E-state index is 0.00387. The highest BCUT2D eigenvalue weighted by molar-refractivity contribution is 7.92. The second-order valence-corrected chi connectivity index (χ2v) is 10.1. The van der Waals surface area contributed by atoms with E-state index in [1.807, 2.05) is 0 Å². The molecule has 0 bridgehead atoms. The van der Waals surface area contributed by atoms with Gasteiger partial charge in [0, 0.05) is 24.7 Å². The average molecular weight is 581 g/mol. The Balaban J connectivity index is 1.75. The molecule has 3 heterocycles. The van der Waals surface area contributed by atoms with E-state index in [0.29, 0.717) is 0 Å². The average Bonchev–Trinajstić information content (AvgIpc) is 3.37. The van der Waals surface area contributed by atoms with Crippen LogP contribution in [0.15, 0.2) is 58.3 Å². The Morgan fingerprint density at radius 3 is 2.58 bits per heavy atom. The van der Waals surface area contributed by atoms with Crippen LogP contribution in [0.4, 0.5) is 19.0 Å². The van der Waals surface area contributed by atoms with Crippen molar-refractivity contribution in [3.05, 3.63) is 81.8 Å². The Morgan fingerprint density at radius 1 is 1.13 bits per heavy atom. The maximum atomic E-state index is 14.9. The van der Waals surface area contributed by atoms with Crippen molar-refractivity contribution in [3.8, 4) is 22.8 Å². The fourth-order valence-corrected chi connectivity index (χ4v) is 5.12. The van der Waals surface area contributed by atoms with E-state index in [2.05, 4.69) is 25.0 Å². The molecule has 0 saturated carbocycles. The fourth-order valence-electron chi connectivity index (χ4n) is 3.21. The highest BCUT2D eigenvalue weighted by atomic mass is 35.5. The summed E-state index contributed by atoms with van der Waals surface area (Å²) in [5, 5.41) is 11.4. The van der Waals surface area contributed by atoms with Crippen molar-refractivity contribution in [3.63, 3.8) is 0 Å². The molecule has 3 N–H and O–H groups in total. The van der Waals surface area contributed by atoms with Gasteiger partial charge >= 0.3 is 0 Å². The van der Waals surface area contributed by atoms with E-state index in [9.17, 15) is 21.6 Å². The molecule has 0 amide bonds. The number of hydrogen-bond donors (Lipinski definition) is 3. The van der Waals surface area contributed by atoms with Gasteiger partial charge in [0.15, 0.2) is 11.6 Å². The maximum absolute atomic E-state index is 14.9. The molecular weight excluding hydrogens is 565 g/mol. The van der Waals surface area contributed by atoms with Gasteiger partial charge in [0.05, 0.1) is 27.5 Å². The maximum Gasteiger partial charge on any atom is 0.266 e. The molecule has 4 rings (SSSR count). The zero-order chi connectivity index (χ0) is 27.4. The predicted octanol–water partition coefficient (Wildman–Crippen LogP) is 5.47. The third-order valence-electron chi connectivity index (χ3n) is 4.89. The molecule has 0 fully saturated rings. The summed E-state index contributed by atoms with van der Waals surface area (Å²) in [6.07, 6.45) is 2.30. The lowest BCUT2D eigenvalue weighted by Crippen LogP contribution is -2.15. The predicted molar refractivity (Wildman–Crippen MR) is 138 cm³/mol. The molecule has 0 atom stereocenters. The van der Waals surface area contributed by atoms with Crippen molar-refractivity contribution in [2.75, 3.05) is 11.8 Å². The van der Waals surface area contributed by atoms with Gasteiger partial charge in [0.2, 0.25) is 11.9 Å². The molecule has 0 saturated heterocycles. The number of anilines is 1. The zero-order valence-corrected chi connectivity index (χ0v) is 21.6. The molecule has 196 valence electrons. The lowest BCUT2D eigenvalue weighted by Gasteiger charge is -2.16. The van der Waals surface area contributed by atoms with Crippen LogP contribution in [0.2, 0.25) is 5.02 Å². The number of pyridine rings is 2. The molecule has 0 unspecified atom stereocenters. The Labute approximate surface area is 223 Å². The monoisotopic (exact) mass is 580 g/mol. The van der Waals surface area contributed by atoms with E-state index in [4.69, 9.17) is 21.7 Å². The molecule has 0 aliphatic carbocycles. The van der Waals surface area contributed by atoms with E-state index in [1.54, 1.807) is 0 Å². The molecule has 0 aliphatic rings. The summed E-state index contributed by atoms with van der Waals surface area (Å²) in [6.45, 7) is 0. The second kappa shape index (κ2) is 11.2. The number of ether oxygens (including phenoxy) is 1. The number of halogens is 4. The van der Waals surface area contributed by atoms with Crippen LogP contribution >= 0.6 is 22.9 Å². The summed E-state index contributed by atoms with van der Waals surface area (Å²) in [7, 11) is -2.81. The van der Waals surface area contributed by atoms with Crippen LogP contribution in [0.5, 0.6) is 11.5 Å². The van der Waals surface area contributed by atoms with Crippen LogP contribution in [0.3, 0.4) is 0 Å². The Bertz CT molecular complexity index is 1650. The number of hydrogen-bond acceptors (Lipinski definition) is 9. The summed E-state index contributed by atoms with van der Waals surface area (Å²) in [5.74, 6) is -3.47. The molecule has 15 heteroatoms. The standard InChI is InChI=1S/C23H16ClF3N6O3S2/c1-29-16(6-7-28)22-17(4-3-15(31-22)12-2-5-20(26)32-23(12)27)36-18-9-14(25)19(8-13(18)24)38(34,35)33-21-10-37-11-30-21/h2-11,28-29,33H,1H3/b16-6-,28-7?. The first-order valence-corrected chi connectivity index (χ1v) is 13.2. The Kier molecular flexibility index (Phi) is 7.94. The van der Waals surface area contributed by atoms with Gasteiger partial charge in [-0.1, -0.05) is 11.6 Å².